The summed E-state index contributed by atoms with van der Waals surface area (Å²) in [6.45, 7) is 2.01. The molecule has 3 N–H and O–H groups in total. The second-order valence-corrected chi connectivity index (χ2v) is 8.16. The van der Waals surface area contributed by atoms with Gasteiger partial charge in [0.15, 0.2) is 11.2 Å². The molecule has 0 aromatic heterocycles. The molecule has 0 unspecified atom stereocenters. The van der Waals surface area contributed by atoms with Gasteiger partial charge in [-0.15, -0.1) is 0 Å². The lowest BCUT2D eigenvalue weighted by atomic mass is 10.0. The van der Waals surface area contributed by atoms with Gasteiger partial charge in [-0.3, -0.25) is 0 Å². The second-order valence-electron chi connectivity index (χ2n) is 7.71. The molecular formula is C21H40O5S. The molecule has 1 heterocycles. The maximum Gasteiger partial charge on any atom is 0.160 e. The van der Waals surface area contributed by atoms with Gasteiger partial charge in [0.1, 0.15) is 18.3 Å². The first kappa shape index (κ1) is 24.8. The predicted octanol–water partition coefficient (Wildman–Crippen LogP) is 3.90. The highest BCUT2D eigenvalue weighted by Gasteiger charge is 2.41. The van der Waals surface area contributed by atoms with E-state index in [1.807, 2.05) is 0 Å². The van der Waals surface area contributed by atoms with E-state index in [1.165, 1.54) is 64.2 Å². The fraction of sp³-hybridized carbons (Fsp3) is 0.952. The summed E-state index contributed by atoms with van der Waals surface area (Å²) in [5.74, 6) is 0. The van der Waals surface area contributed by atoms with Crippen molar-refractivity contribution in [2.75, 3.05) is 13.2 Å². The number of aliphatic hydroxyl groups excluding tert-OH is 3. The highest BCUT2D eigenvalue weighted by molar-refractivity contribution is 7.80. The molecule has 0 spiro atoms. The van der Waals surface area contributed by atoms with E-state index >= 15 is 0 Å². The molecule has 0 bridgehead atoms. The summed E-state index contributed by atoms with van der Waals surface area (Å²) >= 11 is 5.25. The van der Waals surface area contributed by atoms with Crippen LogP contribution in [0.5, 0.6) is 0 Å². The van der Waals surface area contributed by atoms with Gasteiger partial charge in [0, 0.05) is 6.42 Å². The monoisotopic (exact) mass is 404 g/mol. The minimum Gasteiger partial charge on any atom is -0.479 e. The first-order chi connectivity index (χ1) is 13.1. The normalized spacial score (nSPS) is 23.5. The van der Waals surface area contributed by atoms with E-state index < -0.39 is 24.4 Å². The Bertz CT molecular complexity index is 380. The molecule has 5 nitrogen and oxygen atoms in total. The average Bonchev–Trinajstić information content (AvgIpc) is 2.99. The van der Waals surface area contributed by atoms with Crippen molar-refractivity contribution < 1.29 is 24.8 Å². The van der Waals surface area contributed by atoms with Crippen molar-refractivity contribution in [2.24, 2.45) is 0 Å². The van der Waals surface area contributed by atoms with E-state index in [2.05, 4.69) is 6.92 Å². The Morgan fingerprint density at radius 3 is 1.93 bits per heavy atom. The van der Waals surface area contributed by atoms with Gasteiger partial charge in [-0.25, -0.2) is 0 Å². The van der Waals surface area contributed by atoms with Crippen molar-refractivity contribution in [3.8, 4) is 0 Å². The van der Waals surface area contributed by atoms with Crippen molar-refractivity contribution in [3.05, 3.63) is 0 Å². The average molecular weight is 405 g/mol. The minimum absolute atomic E-state index is 0.0528. The molecule has 0 amide bonds. The van der Waals surface area contributed by atoms with E-state index in [-0.39, 0.29) is 13.2 Å². The number of rotatable bonds is 16. The van der Waals surface area contributed by atoms with Crippen LogP contribution in [0, 0.1) is 0 Å². The lowest BCUT2D eigenvalue weighted by Crippen LogP contribution is -2.42. The maximum absolute atomic E-state index is 9.85. The molecule has 0 aliphatic carbocycles. The Labute approximate surface area is 170 Å². The summed E-state index contributed by atoms with van der Waals surface area (Å²) in [5.41, 5.74) is 0. The first-order valence-corrected chi connectivity index (χ1v) is 11.3. The molecule has 1 rings (SSSR count). The SMILES string of the molecule is CCCCCCCCCCCCCCC(=S)O[C@@H](CO)[C@H]1OC[C@@H](O)[C@H]1O. The van der Waals surface area contributed by atoms with Gasteiger partial charge in [0.25, 0.3) is 0 Å². The molecule has 1 fully saturated rings. The third kappa shape index (κ3) is 10.7. The van der Waals surface area contributed by atoms with Crippen LogP contribution in [0.2, 0.25) is 0 Å². The Morgan fingerprint density at radius 1 is 0.963 bits per heavy atom. The molecule has 4 atom stereocenters. The van der Waals surface area contributed by atoms with Crippen LogP contribution in [-0.4, -0.2) is 58.0 Å². The van der Waals surface area contributed by atoms with Gasteiger partial charge in [-0.05, 0) is 18.6 Å². The standard InChI is InChI=1S/C21H40O5S/c1-2-3-4-5-6-7-8-9-10-11-12-13-14-19(27)26-18(15-22)21-20(24)17(23)16-25-21/h17-18,20-24H,2-16H2,1H3/t17-,18+,20-,21-/m1/s1. The minimum atomic E-state index is -1.04. The summed E-state index contributed by atoms with van der Waals surface area (Å²) in [6, 6.07) is 0. The van der Waals surface area contributed by atoms with Crippen molar-refractivity contribution >= 4 is 17.3 Å². The predicted molar refractivity (Wildman–Crippen MR) is 112 cm³/mol. The Hall–Kier alpha value is -0.270. The van der Waals surface area contributed by atoms with Crippen molar-refractivity contribution in [2.45, 2.75) is 115 Å². The third-order valence-electron chi connectivity index (χ3n) is 5.25. The molecule has 1 saturated heterocycles. The molecule has 0 aromatic rings. The Kier molecular flexibility index (Phi) is 14.3. The van der Waals surface area contributed by atoms with Crippen LogP contribution in [0.15, 0.2) is 0 Å². The fourth-order valence-electron chi connectivity index (χ4n) is 3.50. The molecule has 6 heteroatoms. The summed E-state index contributed by atoms with van der Waals surface area (Å²) in [7, 11) is 0. The summed E-state index contributed by atoms with van der Waals surface area (Å²) in [6.07, 6.45) is 12.7. The summed E-state index contributed by atoms with van der Waals surface area (Å²) in [5, 5.41) is 29.3. The van der Waals surface area contributed by atoms with Crippen LogP contribution in [0.25, 0.3) is 0 Å². The smallest absolute Gasteiger partial charge is 0.160 e. The van der Waals surface area contributed by atoms with Crippen molar-refractivity contribution in [1.29, 1.82) is 0 Å². The van der Waals surface area contributed by atoms with Gasteiger partial charge < -0.3 is 24.8 Å². The Balaban J connectivity index is 1.97. The maximum atomic E-state index is 9.85. The van der Waals surface area contributed by atoms with Gasteiger partial charge in [0.05, 0.1) is 13.2 Å². The van der Waals surface area contributed by atoms with Gasteiger partial charge in [-0.1, -0.05) is 77.6 Å². The summed E-state index contributed by atoms with van der Waals surface area (Å²) < 4.78 is 10.9. The van der Waals surface area contributed by atoms with Gasteiger partial charge in [-0.2, -0.15) is 0 Å². The highest BCUT2D eigenvalue weighted by Crippen LogP contribution is 2.20. The number of aliphatic hydroxyl groups is 3. The largest absolute Gasteiger partial charge is 0.479 e. The molecule has 1 aliphatic heterocycles. The van der Waals surface area contributed by atoms with Gasteiger partial charge in [0.2, 0.25) is 0 Å². The lowest BCUT2D eigenvalue weighted by Gasteiger charge is -2.25. The number of hydrogen-bond acceptors (Lipinski definition) is 6. The quantitative estimate of drug-likeness (QED) is 0.267. The van der Waals surface area contributed by atoms with E-state index in [9.17, 15) is 15.3 Å². The molecule has 0 radical (unpaired) electrons. The van der Waals surface area contributed by atoms with Crippen LogP contribution in [0.3, 0.4) is 0 Å². The van der Waals surface area contributed by atoms with Crippen LogP contribution in [0.1, 0.15) is 90.4 Å². The van der Waals surface area contributed by atoms with E-state index in [1.54, 1.807) is 0 Å². The molecule has 1 aliphatic rings. The van der Waals surface area contributed by atoms with E-state index in [0.717, 1.165) is 12.8 Å². The second kappa shape index (κ2) is 15.6. The number of ether oxygens (including phenoxy) is 2. The number of unbranched alkanes of at least 4 members (excludes halogenated alkanes) is 11. The number of hydrogen-bond donors (Lipinski definition) is 3. The molecule has 0 aromatic carbocycles. The van der Waals surface area contributed by atoms with Crippen molar-refractivity contribution in [1.82, 2.24) is 0 Å². The fourth-order valence-corrected chi connectivity index (χ4v) is 3.77. The van der Waals surface area contributed by atoms with Crippen LogP contribution in [-0.2, 0) is 9.47 Å². The van der Waals surface area contributed by atoms with Crippen LogP contribution in [0.4, 0.5) is 0 Å². The highest BCUT2D eigenvalue weighted by atomic mass is 32.1. The molecule has 27 heavy (non-hydrogen) atoms. The Morgan fingerprint density at radius 2 is 1.48 bits per heavy atom. The summed E-state index contributed by atoms with van der Waals surface area (Å²) in [4.78, 5) is 0. The topological polar surface area (TPSA) is 79.2 Å². The molecular weight excluding hydrogens is 364 g/mol. The van der Waals surface area contributed by atoms with Crippen LogP contribution < -0.4 is 0 Å². The zero-order valence-corrected chi connectivity index (χ0v) is 17.8. The molecule has 160 valence electrons. The zero-order valence-electron chi connectivity index (χ0n) is 17.0. The third-order valence-corrected chi connectivity index (χ3v) is 5.55. The van der Waals surface area contributed by atoms with Gasteiger partial charge >= 0.3 is 0 Å². The van der Waals surface area contributed by atoms with Crippen molar-refractivity contribution in [3.63, 3.8) is 0 Å². The first-order valence-electron chi connectivity index (χ1n) is 10.9. The molecule has 0 saturated carbocycles. The van der Waals surface area contributed by atoms with Crippen LogP contribution >= 0.6 is 12.2 Å². The number of thiocarbonyl (C=S) groups is 1. The van der Waals surface area contributed by atoms with E-state index in [4.69, 9.17) is 21.7 Å². The zero-order chi connectivity index (χ0) is 19.9. The lowest BCUT2D eigenvalue weighted by molar-refractivity contribution is -0.0621. The van der Waals surface area contributed by atoms with E-state index in [0.29, 0.717) is 11.5 Å².